The van der Waals surface area contributed by atoms with Crippen molar-refractivity contribution in [2.24, 2.45) is 0 Å². The summed E-state index contributed by atoms with van der Waals surface area (Å²) in [6.45, 7) is 4.51. The van der Waals surface area contributed by atoms with Crippen LogP contribution in [0.1, 0.15) is 48.9 Å². The van der Waals surface area contributed by atoms with Gasteiger partial charge >= 0.3 is 0 Å². The van der Waals surface area contributed by atoms with Crippen LogP contribution in [0.3, 0.4) is 0 Å². The van der Waals surface area contributed by atoms with Gasteiger partial charge in [0, 0.05) is 6.04 Å². The minimum atomic E-state index is 0.587. The van der Waals surface area contributed by atoms with Gasteiger partial charge in [-0.3, -0.25) is 0 Å². The first-order chi connectivity index (χ1) is 6.72. The Morgan fingerprint density at radius 2 is 2.14 bits per heavy atom. The van der Waals surface area contributed by atoms with Crippen LogP contribution in [0.2, 0.25) is 0 Å². The molecule has 1 aromatic rings. The molecule has 0 radical (unpaired) electrons. The summed E-state index contributed by atoms with van der Waals surface area (Å²) in [6.07, 6.45) is 2.49. The quantitative estimate of drug-likeness (QED) is 0.754. The molecule has 0 saturated heterocycles. The molecule has 1 atom stereocenters. The maximum Gasteiger partial charge on any atom is 0.0323 e. The topological polar surface area (TPSA) is 12.0 Å². The maximum absolute atomic E-state index is 3.39. The van der Waals surface area contributed by atoms with Gasteiger partial charge in [-0.15, -0.1) is 0 Å². The van der Waals surface area contributed by atoms with Gasteiger partial charge < -0.3 is 5.32 Å². The first-order valence-corrected chi connectivity index (χ1v) is 5.52. The van der Waals surface area contributed by atoms with Crippen molar-refractivity contribution >= 4 is 0 Å². The van der Waals surface area contributed by atoms with Gasteiger partial charge in [-0.2, -0.15) is 0 Å². The zero-order chi connectivity index (χ0) is 10.1. The van der Waals surface area contributed by atoms with E-state index in [-0.39, 0.29) is 0 Å². The van der Waals surface area contributed by atoms with Gasteiger partial charge in [0.15, 0.2) is 0 Å². The average molecular weight is 189 g/mol. The summed E-state index contributed by atoms with van der Waals surface area (Å²) in [4.78, 5) is 0. The van der Waals surface area contributed by atoms with Crippen LogP contribution in [-0.2, 0) is 6.42 Å². The molecule has 0 aromatic heterocycles. The van der Waals surface area contributed by atoms with E-state index in [1.54, 1.807) is 0 Å². The van der Waals surface area contributed by atoms with Crippen molar-refractivity contribution in [2.45, 2.75) is 38.6 Å². The minimum absolute atomic E-state index is 0.587. The predicted molar refractivity (Wildman–Crippen MR) is 60.7 cm³/mol. The second kappa shape index (κ2) is 3.74. The number of nitrogens with one attached hydrogen (secondary N) is 1. The lowest BCUT2D eigenvalue weighted by Gasteiger charge is -2.13. The van der Waals surface area contributed by atoms with E-state index in [1.165, 1.54) is 29.5 Å². The van der Waals surface area contributed by atoms with E-state index < -0.39 is 0 Å². The van der Waals surface area contributed by atoms with Crippen LogP contribution in [0.5, 0.6) is 0 Å². The Morgan fingerprint density at radius 1 is 1.36 bits per heavy atom. The second-order valence-corrected chi connectivity index (χ2v) is 4.49. The number of hydrogen-bond acceptors (Lipinski definition) is 1. The van der Waals surface area contributed by atoms with E-state index in [4.69, 9.17) is 0 Å². The maximum atomic E-state index is 3.39. The third kappa shape index (κ3) is 1.57. The van der Waals surface area contributed by atoms with Gasteiger partial charge in [-0.05, 0) is 42.5 Å². The highest BCUT2D eigenvalue weighted by Crippen LogP contribution is 2.32. The lowest BCUT2D eigenvalue weighted by molar-refractivity contribution is 0.590. The van der Waals surface area contributed by atoms with Gasteiger partial charge in [0.2, 0.25) is 0 Å². The standard InChI is InChI=1S/C13H19N/c1-9(2)11-5-4-10-6-7-13(14-3)12(10)8-11/h4-5,8-9,13-14H,6-7H2,1-3H3/t13-/m1/s1. The van der Waals surface area contributed by atoms with E-state index in [2.05, 4.69) is 44.4 Å². The summed E-state index contributed by atoms with van der Waals surface area (Å²) in [5.41, 5.74) is 4.53. The summed E-state index contributed by atoms with van der Waals surface area (Å²) in [5, 5.41) is 3.39. The van der Waals surface area contributed by atoms with E-state index >= 15 is 0 Å². The molecule has 0 spiro atoms. The Hall–Kier alpha value is -0.820. The largest absolute Gasteiger partial charge is 0.313 e. The fourth-order valence-corrected chi connectivity index (χ4v) is 2.28. The molecule has 1 heteroatoms. The van der Waals surface area contributed by atoms with Crippen molar-refractivity contribution in [1.29, 1.82) is 0 Å². The summed E-state index contributed by atoms with van der Waals surface area (Å²) in [6, 6.07) is 7.56. The molecule has 1 aliphatic carbocycles. The molecule has 0 bridgehead atoms. The van der Waals surface area contributed by atoms with Gasteiger partial charge in [0.05, 0.1) is 0 Å². The molecular formula is C13H19N. The molecule has 0 saturated carbocycles. The van der Waals surface area contributed by atoms with Crippen molar-refractivity contribution in [2.75, 3.05) is 7.05 Å². The van der Waals surface area contributed by atoms with Crippen LogP contribution in [0.15, 0.2) is 18.2 Å². The fraction of sp³-hybridized carbons (Fsp3) is 0.538. The lowest BCUT2D eigenvalue weighted by atomic mass is 9.97. The Bertz CT molecular complexity index is 328. The second-order valence-electron chi connectivity index (χ2n) is 4.49. The van der Waals surface area contributed by atoms with Gasteiger partial charge in [0.1, 0.15) is 0 Å². The molecule has 14 heavy (non-hydrogen) atoms. The van der Waals surface area contributed by atoms with Crippen LogP contribution in [0, 0.1) is 0 Å². The molecule has 1 N–H and O–H groups in total. The van der Waals surface area contributed by atoms with E-state index in [1.807, 2.05) is 0 Å². The first kappa shape index (κ1) is 9.72. The van der Waals surface area contributed by atoms with Gasteiger partial charge in [0.25, 0.3) is 0 Å². The molecule has 1 aliphatic rings. The zero-order valence-electron chi connectivity index (χ0n) is 9.30. The summed E-state index contributed by atoms with van der Waals surface area (Å²) in [7, 11) is 2.06. The smallest absolute Gasteiger partial charge is 0.0323 e. The molecule has 1 aromatic carbocycles. The van der Waals surface area contributed by atoms with Crippen molar-refractivity contribution in [3.05, 3.63) is 34.9 Å². The van der Waals surface area contributed by atoms with Crippen molar-refractivity contribution < 1.29 is 0 Å². The van der Waals surface area contributed by atoms with Gasteiger partial charge in [-0.25, -0.2) is 0 Å². The SMILES string of the molecule is CN[C@@H]1CCc2ccc(C(C)C)cc21. The van der Waals surface area contributed by atoms with Crippen molar-refractivity contribution in [1.82, 2.24) is 5.32 Å². The Morgan fingerprint density at radius 3 is 2.79 bits per heavy atom. The molecule has 0 heterocycles. The third-order valence-corrected chi connectivity index (χ3v) is 3.26. The molecule has 0 unspecified atom stereocenters. The Kier molecular flexibility index (Phi) is 2.60. The van der Waals surface area contributed by atoms with E-state index in [0.29, 0.717) is 12.0 Å². The fourth-order valence-electron chi connectivity index (χ4n) is 2.28. The highest BCUT2D eigenvalue weighted by Gasteiger charge is 2.21. The van der Waals surface area contributed by atoms with E-state index in [9.17, 15) is 0 Å². The molecular weight excluding hydrogens is 170 g/mol. The molecule has 0 fully saturated rings. The number of hydrogen-bond donors (Lipinski definition) is 1. The summed E-state index contributed by atoms with van der Waals surface area (Å²) in [5.74, 6) is 0.637. The highest BCUT2D eigenvalue weighted by molar-refractivity contribution is 5.38. The van der Waals surface area contributed by atoms with Crippen LogP contribution in [0.4, 0.5) is 0 Å². The number of aryl methyl sites for hydroxylation is 1. The summed E-state index contributed by atoms with van der Waals surface area (Å²) >= 11 is 0. The van der Waals surface area contributed by atoms with Crippen LogP contribution >= 0.6 is 0 Å². The third-order valence-electron chi connectivity index (χ3n) is 3.26. The molecule has 76 valence electrons. The van der Waals surface area contributed by atoms with Gasteiger partial charge in [-0.1, -0.05) is 32.0 Å². The number of rotatable bonds is 2. The normalized spacial score (nSPS) is 20.1. The van der Waals surface area contributed by atoms with Crippen LogP contribution in [-0.4, -0.2) is 7.05 Å². The Labute approximate surface area is 86.5 Å². The summed E-state index contributed by atoms with van der Waals surface area (Å²) < 4.78 is 0. The van der Waals surface area contributed by atoms with Crippen LogP contribution < -0.4 is 5.32 Å². The lowest BCUT2D eigenvalue weighted by Crippen LogP contribution is -2.13. The highest BCUT2D eigenvalue weighted by atomic mass is 14.9. The monoisotopic (exact) mass is 189 g/mol. The molecule has 1 nitrogen and oxygen atoms in total. The number of fused-ring (bicyclic) bond motifs is 1. The molecule has 2 rings (SSSR count). The zero-order valence-corrected chi connectivity index (χ0v) is 9.30. The molecule has 0 amide bonds. The van der Waals surface area contributed by atoms with Crippen LogP contribution in [0.25, 0.3) is 0 Å². The van der Waals surface area contributed by atoms with Crippen molar-refractivity contribution in [3.63, 3.8) is 0 Å². The minimum Gasteiger partial charge on any atom is -0.313 e. The first-order valence-electron chi connectivity index (χ1n) is 5.52. The molecule has 0 aliphatic heterocycles. The van der Waals surface area contributed by atoms with E-state index in [0.717, 1.165) is 0 Å². The Balaban J connectivity index is 2.37. The predicted octanol–water partition coefficient (Wildman–Crippen LogP) is 3.02. The average Bonchev–Trinajstić information content (AvgIpc) is 2.59. The number of benzene rings is 1. The van der Waals surface area contributed by atoms with Crippen molar-refractivity contribution in [3.8, 4) is 0 Å².